The molecule has 1 unspecified atom stereocenters. The number of halogens is 1. The molecular formula is C18H23FN4. The van der Waals surface area contributed by atoms with Crippen LogP contribution >= 0.6 is 0 Å². The lowest BCUT2D eigenvalue weighted by atomic mass is 9.95. The van der Waals surface area contributed by atoms with Gasteiger partial charge in [-0.2, -0.15) is 0 Å². The smallest absolute Gasteiger partial charge is 0.126 e. The minimum Gasteiger partial charge on any atom is -0.308 e. The van der Waals surface area contributed by atoms with Gasteiger partial charge in [0.15, 0.2) is 0 Å². The molecule has 122 valence electrons. The third kappa shape index (κ3) is 3.02. The maximum absolute atomic E-state index is 13.9. The van der Waals surface area contributed by atoms with Gasteiger partial charge in [-0.05, 0) is 42.9 Å². The Morgan fingerprint density at radius 2 is 2.04 bits per heavy atom. The van der Waals surface area contributed by atoms with Gasteiger partial charge in [-0.15, -0.1) is 5.10 Å². The topological polar surface area (TPSA) is 42.7 Å². The predicted octanol–water partition coefficient (Wildman–Crippen LogP) is 3.38. The van der Waals surface area contributed by atoms with Crippen molar-refractivity contribution in [2.45, 2.75) is 63.6 Å². The summed E-state index contributed by atoms with van der Waals surface area (Å²) in [5.74, 6) is -0.0932. The van der Waals surface area contributed by atoms with Crippen molar-refractivity contribution in [1.29, 1.82) is 0 Å². The highest BCUT2D eigenvalue weighted by Crippen LogP contribution is 2.35. The molecule has 0 radical (unpaired) electrons. The number of hydrogen-bond donors (Lipinski definition) is 1. The zero-order chi connectivity index (χ0) is 15.6. The molecule has 0 saturated heterocycles. The van der Waals surface area contributed by atoms with E-state index in [-0.39, 0.29) is 11.9 Å². The number of hydrogen-bond acceptors (Lipinski definition) is 3. The molecule has 23 heavy (non-hydrogen) atoms. The first-order chi connectivity index (χ1) is 11.3. The number of rotatable bonds is 4. The van der Waals surface area contributed by atoms with Crippen LogP contribution in [0.25, 0.3) is 0 Å². The molecule has 1 N–H and O–H groups in total. The van der Waals surface area contributed by atoms with E-state index in [1.54, 1.807) is 12.1 Å². The summed E-state index contributed by atoms with van der Waals surface area (Å²) >= 11 is 0. The molecule has 2 aromatic rings. The Hall–Kier alpha value is -1.75. The molecule has 1 saturated carbocycles. The van der Waals surface area contributed by atoms with Gasteiger partial charge in [0, 0.05) is 12.6 Å². The zero-order valence-corrected chi connectivity index (χ0v) is 13.3. The fourth-order valence-electron chi connectivity index (χ4n) is 3.96. The van der Waals surface area contributed by atoms with Gasteiger partial charge in [0.05, 0.1) is 17.9 Å². The molecule has 1 heterocycles. The van der Waals surface area contributed by atoms with Gasteiger partial charge >= 0.3 is 0 Å². The number of benzene rings is 1. The Bertz CT molecular complexity index is 675. The van der Waals surface area contributed by atoms with Crippen LogP contribution < -0.4 is 5.32 Å². The monoisotopic (exact) mass is 314 g/mol. The standard InChI is InChI=1S/C18H23FN4/c19-17-8-4-7-16-15(17)9-10-18(16)23-12-14(21-22-23)11-20-13-5-2-1-3-6-13/h4,7-8,12-13,18,20H,1-3,5-6,9-11H2. The van der Waals surface area contributed by atoms with E-state index < -0.39 is 0 Å². The highest BCUT2D eigenvalue weighted by Gasteiger charge is 2.27. The van der Waals surface area contributed by atoms with E-state index in [4.69, 9.17) is 0 Å². The highest BCUT2D eigenvalue weighted by atomic mass is 19.1. The predicted molar refractivity (Wildman–Crippen MR) is 86.6 cm³/mol. The summed E-state index contributed by atoms with van der Waals surface area (Å²) in [6.45, 7) is 0.771. The van der Waals surface area contributed by atoms with Crippen molar-refractivity contribution in [2.24, 2.45) is 0 Å². The van der Waals surface area contributed by atoms with Crippen LogP contribution in [-0.2, 0) is 13.0 Å². The van der Waals surface area contributed by atoms with Crippen LogP contribution in [0.15, 0.2) is 24.4 Å². The minimum atomic E-state index is -0.0932. The summed E-state index contributed by atoms with van der Waals surface area (Å²) in [6, 6.07) is 6.08. The molecule has 1 aromatic heterocycles. The van der Waals surface area contributed by atoms with Crippen molar-refractivity contribution in [1.82, 2.24) is 20.3 Å². The third-order valence-corrected chi connectivity index (χ3v) is 5.24. The van der Waals surface area contributed by atoms with E-state index in [9.17, 15) is 4.39 Å². The SMILES string of the molecule is Fc1cccc2c1CCC2n1cc(CNC2CCCCC2)nn1. The van der Waals surface area contributed by atoms with E-state index >= 15 is 0 Å². The Morgan fingerprint density at radius 3 is 2.91 bits per heavy atom. The Morgan fingerprint density at radius 1 is 1.17 bits per heavy atom. The summed E-state index contributed by atoms with van der Waals surface area (Å²) in [5, 5.41) is 12.2. The molecule has 0 spiro atoms. The molecule has 2 aliphatic rings. The van der Waals surface area contributed by atoms with Crippen LogP contribution in [-0.4, -0.2) is 21.0 Å². The summed E-state index contributed by atoms with van der Waals surface area (Å²) in [4.78, 5) is 0. The van der Waals surface area contributed by atoms with Gasteiger partial charge in [-0.3, -0.25) is 0 Å². The van der Waals surface area contributed by atoms with Crippen molar-refractivity contribution in [3.05, 3.63) is 47.0 Å². The van der Waals surface area contributed by atoms with Crippen molar-refractivity contribution in [2.75, 3.05) is 0 Å². The Balaban J connectivity index is 1.44. The van der Waals surface area contributed by atoms with Crippen LogP contribution in [0, 0.1) is 5.82 Å². The maximum Gasteiger partial charge on any atom is 0.126 e. The molecular weight excluding hydrogens is 291 g/mol. The fraction of sp³-hybridized carbons (Fsp3) is 0.556. The molecule has 1 aromatic carbocycles. The third-order valence-electron chi connectivity index (χ3n) is 5.24. The molecule has 0 bridgehead atoms. The van der Waals surface area contributed by atoms with Gasteiger partial charge in [-0.1, -0.05) is 36.6 Å². The van der Waals surface area contributed by atoms with E-state index in [0.29, 0.717) is 6.04 Å². The van der Waals surface area contributed by atoms with Crippen LogP contribution in [0.1, 0.15) is 61.4 Å². The van der Waals surface area contributed by atoms with Crippen LogP contribution in [0.2, 0.25) is 0 Å². The summed E-state index contributed by atoms with van der Waals surface area (Å²) in [6.07, 6.45) is 10.3. The van der Waals surface area contributed by atoms with Crippen molar-refractivity contribution < 1.29 is 4.39 Å². The lowest BCUT2D eigenvalue weighted by molar-refractivity contribution is 0.371. The zero-order valence-electron chi connectivity index (χ0n) is 13.3. The second-order valence-corrected chi connectivity index (χ2v) is 6.77. The maximum atomic E-state index is 13.9. The van der Waals surface area contributed by atoms with Gasteiger partial charge < -0.3 is 5.32 Å². The molecule has 0 aliphatic heterocycles. The average Bonchev–Trinajstić information content (AvgIpc) is 3.21. The van der Waals surface area contributed by atoms with Crippen LogP contribution in [0.5, 0.6) is 0 Å². The number of aromatic nitrogens is 3. The summed E-state index contributed by atoms with van der Waals surface area (Å²) < 4.78 is 15.8. The lowest BCUT2D eigenvalue weighted by Crippen LogP contribution is -2.30. The van der Waals surface area contributed by atoms with E-state index in [1.807, 2.05) is 16.9 Å². The van der Waals surface area contributed by atoms with E-state index in [0.717, 1.165) is 36.2 Å². The van der Waals surface area contributed by atoms with Crippen molar-refractivity contribution in [3.8, 4) is 0 Å². The Kier molecular flexibility index (Phi) is 4.12. The quantitative estimate of drug-likeness (QED) is 0.941. The number of nitrogens with zero attached hydrogens (tertiary/aromatic N) is 3. The first-order valence-electron chi connectivity index (χ1n) is 8.72. The molecule has 0 amide bonds. The van der Waals surface area contributed by atoms with Crippen molar-refractivity contribution in [3.63, 3.8) is 0 Å². The normalized spacial score (nSPS) is 21.5. The van der Waals surface area contributed by atoms with Gasteiger partial charge in [0.25, 0.3) is 0 Å². The molecule has 1 fully saturated rings. The highest BCUT2D eigenvalue weighted by molar-refractivity contribution is 5.36. The molecule has 4 rings (SSSR count). The van der Waals surface area contributed by atoms with Crippen LogP contribution in [0.4, 0.5) is 4.39 Å². The van der Waals surface area contributed by atoms with Gasteiger partial charge in [-0.25, -0.2) is 9.07 Å². The molecule has 1 atom stereocenters. The minimum absolute atomic E-state index is 0.0932. The molecule has 4 nitrogen and oxygen atoms in total. The first kappa shape index (κ1) is 14.8. The van der Waals surface area contributed by atoms with Gasteiger partial charge in [0.2, 0.25) is 0 Å². The second kappa shape index (κ2) is 6.40. The first-order valence-corrected chi connectivity index (χ1v) is 8.72. The van der Waals surface area contributed by atoms with Crippen LogP contribution in [0.3, 0.4) is 0 Å². The van der Waals surface area contributed by atoms with Crippen molar-refractivity contribution >= 4 is 0 Å². The Labute approximate surface area is 136 Å². The fourth-order valence-corrected chi connectivity index (χ4v) is 3.96. The summed E-state index contributed by atoms with van der Waals surface area (Å²) in [5.41, 5.74) is 2.87. The van der Waals surface area contributed by atoms with E-state index in [2.05, 4.69) is 15.6 Å². The number of nitrogens with one attached hydrogen (secondary N) is 1. The molecule has 2 aliphatic carbocycles. The second-order valence-electron chi connectivity index (χ2n) is 6.77. The lowest BCUT2D eigenvalue weighted by Gasteiger charge is -2.22. The van der Waals surface area contributed by atoms with Gasteiger partial charge in [0.1, 0.15) is 5.82 Å². The largest absolute Gasteiger partial charge is 0.308 e. The number of fused-ring (bicyclic) bond motifs is 1. The van der Waals surface area contributed by atoms with E-state index in [1.165, 1.54) is 32.1 Å². The average molecular weight is 314 g/mol. The summed E-state index contributed by atoms with van der Waals surface area (Å²) in [7, 11) is 0. The molecule has 5 heteroatoms.